The van der Waals surface area contributed by atoms with Crippen LogP contribution in [0.1, 0.15) is 56.2 Å². The van der Waals surface area contributed by atoms with E-state index in [9.17, 15) is 5.11 Å². The fourth-order valence-electron chi connectivity index (χ4n) is 3.36. The molecule has 2 rings (SSSR count). The molecule has 0 bridgehead atoms. The van der Waals surface area contributed by atoms with Crippen LogP contribution in [0.15, 0.2) is 48.5 Å². The van der Waals surface area contributed by atoms with Gasteiger partial charge in [0.2, 0.25) is 0 Å². The van der Waals surface area contributed by atoms with Crippen LogP contribution in [0.5, 0.6) is 5.75 Å². The van der Waals surface area contributed by atoms with Gasteiger partial charge in [-0.2, -0.15) is 0 Å². The molecule has 0 saturated heterocycles. The van der Waals surface area contributed by atoms with Crippen LogP contribution in [0, 0.1) is 0 Å². The number of nitrogens with two attached hydrogens (primary N) is 1. The molecular formula is C25H40Cl2N2O2. The predicted molar refractivity (Wildman–Crippen MR) is 136 cm³/mol. The van der Waals surface area contributed by atoms with Gasteiger partial charge in [0.05, 0.1) is 12.7 Å². The van der Waals surface area contributed by atoms with Gasteiger partial charge in [-0.1, -0.05) is 69.5 Å². The molecule has 0 saturated carbocycles. The molecule has 0 unspecified atom stereocenters. The summed E-state index contributed by atoms with van der Waals surface area (Å²) in [5.74, 6) is 0.884. The normalized spacial score (nSPS) is 12.4. The Bertz CT molecular complexity index is 715. The third kappa shape index (κ3) is 11.8. The third-order valence-electron chi connectivity index (χ3n) is 5.21. The molecule has 2 aromatic rings. The zero-order chi connectivity index (χ0) is 20.9. The molecule has 0 radical (unpaired) electrons. The van der Waals surface area contributed by atoms with Crippen molar-refractivity contribution < 1.29 is 9.84 Å². The Morgan fingerprint density at radius 2 is 1.65 bits per heavy atom. The Morgan fingerprint density at radius 3 is 2.39 bits per heavy atom. The maximum Gasteiger partial charge on any atom is 0.119 e. The van der Waals surface area contributed by atoms with Crippen molar-refractivity contribution in [2.24, 2.45) is 5.73 Å². The summed E-state index contributed by atoms with van der Waals surface area (Å²) in [5.41, 5.74) is 9.90. The Labute approximate surface area is 200 Å². The first kappa shape index (κ1) is 29.7. The van der Waals surface area contributed by atoms with Crippen LogP contribution in [0.4, 0.5) is 0 Å². The molecule has 0 aliphatic rings. The number of rotatable bonds is 14. The number of aryl methyl sites for hydroxylation is 1. The maximum absolute atomic E-state index is 10.4. The number of aliphatic hydroxyl groups is 1. The van der Waals surface area contributed by atoms with E-state index in [4.69, 9.17) is 10.5 Å². The van der Waals surface area contributed by atoms with E-state index >= 15 is 0 Å². The molecule has 0 amide bonds. The van der Waals surface area contributed by atoms with Crippen LogP contribution in [-0.2, 0) is 19.4 Å². The van der Waals surface area contributed by atoms with Crippen molar-refractivity contribution in [3.63, 3.8) is 0 Å². The Hall–Kier alpha value is -1.30. The summed E-state index contributed by atoms with van der Waals surface area (Å²) in [6.07, 6.45) is 5.85. The average molecular weight is 472 g/mol. The first-order chi connectivity index (χ1) is 14.1. The fraction of sp³-hybridized carbons (Fsp3) is 0.520. The summed E-state index contributed by atoms with van der Waals surface area (Å²) in [4.78, 5) is 0. The molecule has 4 N–H and O–H groups in total. The van der Waals surface area contributed by atoms with Crippen molar-refractivity contribution in [1.82, 2.24) is 5.32 Å². The van der Waals surface area contributed by atoms with Gasteiger partial charge in [-0.05, 0) is 48.1 Å². The van der Waals surface area contributed by atoms with E-state index in [2.05, 4.69) is 43.4 Å². The van der Waals surface area contributed by atoms with E-state index in [0.29, 0.717) is 13.0 Å². The molecule has 176 valence electrons. The lowest BCUT2D eigenvalue weighted by Crippen LogP contribution is -2.43. The second-order valence-electron chi connectivity index (χ2n) is 7.80. The molecule has 6 heteroatoms. The van der Waals surface area contributed by atoms with Crippen molar-refractivity contribution in [3.05, 3.63) is 65.2 Å². The Kier molecular flexibility index (Phi) is 16.6. The summed E-state index contributed by atoms with van der Waals surface area (Å²) in [6, 6.07) is 16.3. The van der Waals surface area contributed by atoms with Gasteiger partial charge in [0.1, 0.15) is 5.75 Å². The van der Waals surface area contributed by atoms with Gasteiger partial charge in [-0.25, -0.2) is 0 Å². The highest BCUT2D eigenvalue weighted by atomic mass is 35.5. The number of aliphatic hydroxyl groups excluding tert-OH is 1. The zero-order valence-electron chi connectivity index (χ0n) is 18.9. The Morgan fingerprint density at radius 1 is 0.935 bits per heavy atom. The molecule has 0 heterocycles. The molecule has 4 nitrogen and oxygen atoms in total. The summed E-state index contributed by atoms with van der Waals surface area (Å²) in [6.45, 7) is 6.33. The first-order valence-corrected chi connectivity index (χ1v) is 11.1. The van der Waals surface area contributed by atoms with Crippen LogP contribution in [0.3, 0.4) is 0 Å². The van der Waals surface area contributed by atoms with E-state index < -0.39 is 6.10 Å². The van der Waals surface area contributed by atoms with E-state index in [1.807, 2.05) is 24.3 Å². The number of hydrogen-bond donors (Lipinski definition) is 3. The number of hydrogen-bond acceptors (Lipinski definition) is 4. The van der Waals surface area contributed by atoms with Gasteiger partial charge in [-0.15, -0.1) is 24.8 Å². The number of halogens is 2. The minimum absolute atomic E-state index is 0. The highest BCUT2D eigenvalue weighted by Crippen LogP contribution is 2.16. The number of unbranched alkanes of at least 4 members (excludes halogenated alkanes) is 3. The molecule has 2 aromatic carbocycles. The second-order valence-corrected chi connectivity index (χ2v) is 7.80. The number of ether oxygens (including phenoxy) is 1. The van der Waals surface area contributed by atoms with Gasteiger partial charge in [0.15, 0.2) is 0 Å². The molecule has 31 heavy (non-hydrogen) atoms. The predicted octanol–water partition coefficient (Wildman–Crippen LogP) is 5.07. The molecule has 0 spiro atoms. The van der Waals surface area contributed by atoms with Gasteiger partial charge in [0.25, 0.3) is 0 Å². The van der Waals surface area contributed by atoms with Crippen LogP contribution in [-0.4, -0.2) is 30.4 Å². The molecular weight excluding hydrogens is 431 g/mol. The zero-order valence-corrected chi connectivity index (χ0v) is 20.5. The van der Waals surface area contributed by atoms with Crippen molar-refractivity contribution in [2.75, 3.05) is 13.2 Å². The minimum Gasteiger partial charge on any atom is -0.494 e. The van der Waals surface area contributed by atoms with E-state index in [1.54, 1.807) is 0 Å². The van der Waals surface area contributed by atoms with Gasteiger partial charge >= 0.3 is 0 Å². The van der Waals surface area contributed by atoms with Crippen LogP contribution < -0.4 is 15.8 Å². The Balaban J connectivity index is 0.00000450. The third-order valence-corrected chi connectivity index (χ3v) is 5.21. The van der Waals surface area contributed by atoms with Crippen molar-refractivity contribution in [1.29, 1.82) is 0 Å². The fourth-order valence-corrected chi connectivity index (χ4v) is 3.36. The van der Waals surface area contributed by atoms with E-state index in [0.717, 1.165) is 37.3 Å². The second kappa shape index (κ2) is 17.3. The van der Waals surface area contributed by atoms with Gasteiger partial charge in [-0.3, -0.25) is 0 Å². The number of nitrogens with one attached hydrogen (secondary N) is 1. The molecule has 2 atom stereocenters. The largest absolute Gasteiger partial charge is 0.494 e. The maximum atomic E-state index is 10.4. The quantitative estimate of drug-likeness (QED) is 0.337. The molecule has 0 fully saturated rings. The van der Waals surface area contributed by atoms with Crippen molar-refractivity contribution >= 4 is 24.8 Å². The van der Waals surface area contributed by atoms with Crippen molar-refractivity contribution in [3.8, 4) is 5.75 Å². The van der Waals surface area contributed by atoms with Gasteiger partial charge < -0.3 is 20.9 Å². The number of benzene rings is 2. The monoisotopic (exact) mass is 470 g/mol. The first-order valence-electron chi connectivity index (χ1n) is 11.1. The minimum atomic E-state index is -0.594. The SMILES string of the molecule is CCCCCCOc1cccc(C[C@H](N)[C@H](O)CNCc2cccc(CC)c2)c1.Cl.Cl. The topological polar surface area (TPSA) is 67.5 Å². The standard InChI is InChI=1S/C25H38N2O2.2ClH/c1-3-5-6-7-14-29-23-13-9-11-21(16-23)17-24(26)25(28)19-27-18-22-12-8-10-20(4-2)15-22;;/h8-13,15-16,24-25,27-28H,3-7,14,17-19,26H2,1-2H3;2*1H/t24-,25+;;/m0../s1. The van der Waals surface area contributed by atoms with Crippen LogP contribution >= 0.6 is 24.8 Å². The summed E-state index contributed by atoms with van der Waals surface area (Å²) < 4.78 is 5.85. The summed E-state index contributed by atoms with van der Waals surface area (Å²) >= 11 is 0. The highest BCUT2D eigenvalue weighted by Gasteiger charge is 2.15. The lowest BCUT2D eigenvalue weighted by atomic mass is 10.0. The van der Waals surface area contributed by atoms with Crippen molar-refractivity contribution in [2.45, 2.75) is 71.1 Å². The molecule has 0 aliphatic heterocycles. The van der Waals surface area contributed by atoms with E-state index in [-0.39, 0.29) is 30.9 Å². The summed E-state index contributed by atoms with van der Waals surface area (Å²) in [7, 11) is 0. The van der Waals surface area contributed by atoms with E-state index in [1.165, 1.54) is 30.4 Å². The van der Waals surface area contributed by atoms with Gasteiger partial charge in [0, 0.05) is 19.1 Å². The smallest absolute Gasteiger partial charge is 0.119 e. The summed E-state index contributed by atoms with van der Waals surface area (Å²) in [5, 5.41) is 13.8. The molecule has 0 aromatic heterocycles. The van der Waals surface area contributed by atoms with Crippen LogP contribution in [0.25, 0.3) is 0 Å². The lowest BCUT2D eigenvalue weighted by molar-refractivity contribution is 0.141. The molecule has 0 aliphatic carbocycles. The average Bonchev–Trinajstić information content (AvgIpc) is 2.74. The highest BCUT2D eigenvalue weighted by molar-refractivity contribution is 5.85. The lowest BCUT2D eigenvalue weighted by Gasteiger charge is -2.20. The van der Waals surface area contributed by atoms with Crippen LogP contribution in [0.2, 0.25) is 0 Å².